The summed E-state index contributed by atoms with van der Waals surface area (Å²) in [6, 6.07) is 4.57. The average molecular weight is 515 g/mol. The quantitative estimate of drug-likeness (QED) is 0.457. The van der Waals surface area contributed by atoms with Gasteiger partial charge < -0.3 is 4.74 Å². The highest BCUT2D eigenvalue weighted by Crippen LogP contribution is 2.38. The highest BCUT2D eigenvalue weighted by Gasteiger charge is 2.34. The fourth-order valence-electron chi connectivity index (χ4n) is 3.73. The molecular formula is C19H19BrN2O4S3. The number of thiophene rings is 1. The predicted octanol–water partition coefficient (Wildman–Crippen LogP) is 3.77. The van der Waals surface area contributed by atoms with Gasteiger partial charge in [-0.2, -0.15) is 0 Å². The molecule has 1 fully saturated rings. The van der Waals surface area contributed by atoms with Gasteiger partial charge in [0.15, 0.2) is 5.66 Å². The summed E-state index contributed by atoms with van der Waals surface area (Å²) in [7, 11) is -2.56. The van der Waals surface area contributed by atoms with Crippen LogP contribution in [0.5, 0.6) is 0 Å². The van der Waals surface area contributed by atoms with Gasteiger partial charge in [-0.3, -0.25) is 9.98 Å². The minimum atomic E-state index is -3.84. The number of ether oxygens (including phenoxy) is 1. The van der Waals surface area contributed by atoms with E-state index in [-0.39, 0.29) is 14.7 Å². The van der Waals surface area contributed by atoms with Gasteiger partial charge in [-0.15, -0.1) is 23.1 Å². The highest BCUT2D eigenvalue weighted by molar-refractivity contribution is 9.10. The first-order valence-corrected chi connectivity index (χ1v) is 13.4. The minimum absolute atomic E-state index is 0.115. The van der Waals surface area contributed by atoms with E-state index >= 15 is 0 Å². The van der Waals surface area contributed by atoms with Gasteiger partial charge in [-0.1, -0.05) is 6.42 Å². The Hall–Kier alpha value is -1.23. The Kier molecular flexibility index (Phi) is 5.65. The summed E-state index contributed by atoms with van der Waals surface area (Å²) in [5, 5.41) is 1.32. The summed E-state index contributed by atoms with van der Waals surface area (Å²) >= 11 is 5.90. The van der Waals surface area contributed by atoms with E-state index < -0.39 is 21.5 Å². The molecule has 29 heavy (non-hydrogen) atoms. The van der Waals surface area contributed by atoms with Crippen molar-refractivity contribution in [1.29, 1.82) is 0 Å². The standard InChI is InChI=1S/C19H19BrN2O4S3/c1-26-17(23)14-10-15(18(27-2)28-14)29(24,25)11-8-12(20)16-13(9-11)21-19(22-16)6-4-3-5-7-19/h8-10H,3-7H2,1-2H3. The Balaban J connectivity index is 1.83. The van der Waals surface area contributed by atoms with Crippen molar-refractivity contribution in [3.63, 3.8) is 0 Å². The number of rotatable bonds is 4. The van der Waals surface area contributed by atoms with Gasteiger partial charge in [0.1, 0.15) is 4.88 Å². The number of halogens is 1. The fraction of sp³-hybridized carbons (Fsp3) is 0.421. The summed E-state index contributed by atoms with van der Waals surface area (Å²) in [5.41, 5.74) is -0.448. The van der Waals surface area contributed by atoms with Gasteiger partial charge in [0.25, 0.3) is 0 Å². The molecule has 1 spiro atoms. The summed E-state index contributed by atoms with van der Waals surface area (Å²) in [6.45, 7) is 0. The van der Waals surface area contributed by atoms with Crippen molar-refractivity contribution >= 4 is 54.8 Å². The van der Waals surface area contributed by atoms with Crippen LogP contribution < -0.4 is 10.7 Å². The van der Waals surface area contributed by atoms with E-state index in [1.807, 2.05) is 0 Å². The lowest BCUT2D eigenvalue weighted by molar-refractivity contribution is 0.0606. The van der Waals surface area contributed by atoms with Crippen molar-refractivity contribution < 1.29 is 17.9 Å². The number of esters is 1. The minimum Gasteiger partial charge on any atom is -0.465 e. The number of hydrogen-bond acceptors (Lipinski definition) is 8. The van der Waals surface area contributed by atoms with E-state index in [0.717, 1.165) is 42.4 Å². The van der Waals surface area contributed by atoms with Crippen molar-refractivity contribution in [1.82, 2.24) is 0 Å². The molecule has 1 aromatic heterocycles. The van der Waals surface area contributed by atoms with E-state index in [9.17, 15) is 13.2 Å². The van der Waals surface area contributed by atoms with Gasteiger partial charge in [-0.05, 0) is 66.1 Å². The molecule has 2 aliphatic rings. The molecule has 1 aliphatic carbocycles. The maximum atomic E-state index is 13.4. The van der Waals surface area contributed by atoms with Crippen LogP contribution in [0, 0.1) is 0 Å². The number of carbonyl (C=O) groups is 1. The number of nitrogens with zero attached hydrogens (tertiary/aromatic N) is 2. The number of benzene rings is 1. The topological polar surface area (TPSA) is 85.2 Å². The van der Waals surface area contributed by atoms with Crippen molar-refractivity contribution in [3.8, 4) is 0 Å². The third kappa shape index (κ3) is 3.68. The lowest BCUT2D eigenvalue weighted by Gasteiger charge is -2.27. The Morgan fingerprint density at radius 1 is 1.21 bits per heavy atom. The SMILES string of the molecule is COC(=O)c1cc(S(=O)(=O)c2cc(Br)c3c(c2)=NC2(CCCCC2)N=3)c(SC)s1. The van der Waals surface area contributed by atoms with E-state index in [1.54, 1.807) is 18.4 Å². The van der Waals surface area contributed by atoms with Crippen LogP contribution in [-0.2, 0) is 14.6 Å². The Morgan fingerprint density at radius 3 is 2.59 bits per heavy atom. The lowest BCUT2D eigenvalue weighted by atomic mass is 9.90. The highest BCUT2D eigenvalue weighted by atomic mass is 79.9. The van der Waals surface area contributed by atoms with Crippen LogP contribution in [0.3, 0.4) is 0 Å². The molecule has 0 bridgehead atoms. The summed E-state index contributed by atoms with van der Waals surface area (Å²) in [4.78, 5) is 22.1. The molecule has 0 amide bonds. The first-order chi connectivity index (χ1) is 13.8. The van der Waals surface area contributed by atoms with Crippen LogP contribution in [0.2, 0.25) is 0 Å². The second-order valence-corrected chi connectivity index (χ2v) is 11.9. The summed E-state index contributed by atoms with van der Waals surface area (Å²) < 4.78 is 32.7. The molecule has 0 atom stereocenters. The molecule has 1 aliphatic heterocycles. The summed E-state index contributed by atoms with van der Waals surface area (Å²) in [5.74, 6) is -0.546. The smallest absolute Gasteiger partial charge is 0.348 e. The Bertz CT molecular complexity index is 1210. The Labute approximate surface area is 185 Å². The zero-order valence-electron chi connectivity index (χ0n) is 15.9. The third-order valence-electron chi connectivity index (χ3n) is 5.16. The first kappa shape index (κ1) is 21.0. The molecule has 1 saturated carbocycles. The van der Waals surface area contributed by atoms with Gasteiger partial charge in [0.05, 0.1) is 31.8 Å². The molecule has 2 aromatic rings. The molecule has 4 rings (SSSR count). The number of thioether (sulfide) groups is 1. The second-order valence-electron chi connectivity index (χ2n) is 7.00. The molecule has 0 unspecified atom stereocenters. The van der Waals surface area contributed by atoms with Gasteiger partial charge >= 0.3 is 5.97 Å². The third-order valence-corrected chi connectivity index (χ3v) is 10.0. The average Bonchev–Trinajstić information content (AvgIpc) is 3.30. The molecule has 6 nitrogen and oxygen atoms in total. The van der Waals surface area contributed by atoms with Crippen molar-refractivity contribution in [2.45, 2.75) is 51.8 Å². The van der Waals surface area contributed by atoms with Crippen molar-refractivity contribution in [3.05, 3.63) is 38.3 Å². The molecule has 0 N–H and O–H groups in total. The fourth-order valence-corrected chi connectivity index (χ4v) is 8.38. The summed E-state index contributed by atoms with van der Waals surface area (Å²) in [6.07, 6.45) is 6.89. The van der Waals surface area contributed by atoms with Gasteiger partial charge in [0.2, 0.25) is 9.84 Å². The van der Waals surface area contributed by atoms with E-state index in [4.69, 9.17) is 14.7 Å². The number of hydrogen-bond donors (Lipinski definition) is 0. The maximum Gasteiger partial charge on any atom is 0.348 e. The first-order valence-electron chi connectivity index (χ1n) is 9.10. The van der Waals surface area contributed by atoms with Crippen LogP contribution >= 0.6 is 39.0 Å². The van der Waals surface area contributed by atoms with E-state index in [0.29, 0.717) is 14.0 Å². The molecule has 0 saturated heterocycles. The lowest BCUT2D eigenvalue weighted by Crippen LogP contribution is -2.26. The normalized spacial score (nSPS) is 17.5. The maximum absolute atomic E-state index is 13.4. The van der Waals surface area contributed by atoms with Crippen LogP contribution in [0.4, 0.5) is 0 Å². The Morgan fingerprint density at radius 2 is 1.93 bits per heavy atom. The number of sulfone groups is 1. The number of methoxy groups -OCH3 is 1. The van der Waals surface area contributed by atoms with Crippen molar-refractivity contribution in [2.75, 3.05) is 13.4 Å². The van der Waals surface area contributed by atoms with E-state index in [2.05, 4.69) is 15.9 Å². The molecule has 0 radical (unpaired) electrons. The second kappa shape index (κ2) is 7.79. The largest absolute Gasteiger partial charge is 0.465 e. The molecular weight excluding hydrogens is 496 g/mol. The van der Waals surface area contributed by atoms with E-state index in [1.165, 1.54) is 31.4 Å². The van der Waals surface area contributed by atoms with Crippen LogP contribution in [0.25, 0.3) is 0 Å². The van der Waals surface area contributed by atoms with Crippen molar-refractivity contribution in [2.24, 2.45) is 9.98 Å². The zero-order valence-corrected chi connectivity index (χ0v) is 19.9. The number of fused-ring (bicyclic) bond motifs is 1. The molecule has 10 heteroatoms. The molecule has 1 aromatic carbocycles. The molecule has 154 valence electrons. The van der Waals surface area contributed by atoms with Gasteiger partial charge in [-0.25, -0.2) is 13.2 Å². The molecule has 2 heterocycles. The van der Waals surface area contributed by atoms with Crippen LogP contribution in [0.1, 0.15) is 41.8 Å². The number of carbonyl (C=O) groups excluding carboxylic acids is 1. The van der Waals surface area contributed by atoms with Crippen LogP contribution in [0.15, 0.2) is 46.7 Å². The van der Waals surface area contributed by atoms with Gasteiger partial charge in [0, 0.05) is 4.47 Å². The predicted molar refractivity (Wildman–Crippen MR) is 115 cm³/mol. The monoisotopic (exact) mass is 514 g/mol. The zero-order chi connectivity index (χ0) is 20.8. The van der Waals surface area contributed by atoms with Crippen LogP contribution in [-0.4, -0.2) is 33.4 Å².